The number of halogens is 1. The monoisotopic (exact) mass is 477 g/mol. The molecule has 0 bridgehead atoms. The van der Waals surface area contributed by atoms with E-state index in [4.69, 9.17) is 9.26 Å². The summed E-state index contributed by atoms with van der Waals surface area (Å²) < 4.78 is 50.5. The number of methoxy groups -OCH3 is 1. The van der Waals surface area contributed by atoms with E-state index in [1.54, 1.807) is 12.1 Å². The molecule has 13 heteroatoms. The quantitative estimate of drug-likeness (QED) is 0.371. The van der Waals surface area contributed by atoms with Crippen LogP contribution in [0, 0.1) is 15.9 Å². The minimum absolute atomic E-state index is 0.0108. The van der Waals surface area contributed by atoms with Crippen molar-refractivity contribution in [1.82, 2.24) is 19.3 Å². The third-order valence-corrected chi connectivity index (χ3v) is 7.14. The van der Waals surface area contributed by atoms with Crippen molar-refractivity contribution in [3.63, 3.8) is 0 Å². The van der Waals surface area contributed by atoms with Crippen LogP contribution in [-0.2, 0) is 16.6 Å². The summed E-state index contributed by atoms with van der Waals surface area (Å²) in [6, 6.07) is 9.30. The molecule has 0 spiro atoms. The van der Waals surface area contributed by atoms with Crippen LogP contribution in [0.2, 0.25) is 0 Å². The molecule has 0 aliphatic carbocycles. The van der Waals surface area contributed by atoms with E-state index in [0.29, 0.717) is 36.9 Å². The Morgan fingerprint density at radius 1 is 1.15 bits per heavy atom. The van der Waals surface area contributed by atoms with Crippen LogP contribution in [0.5, 0.6) is 5.75 Å². The Balaban J connectivity index is 1.40. The number of ether oxygens (including phenoxy) is 1. The number of aromatic nitrogens is 2. The summed E-state index contributed by atoms with van der Waals surface area (Å²) in [6.07, 6.45) is 0. The molecule has 2 heterocycles. The molecule has 1 fully saturated rings. The van der Waals surface area contributed by atoms with Gasteiger partial charge in [0.1, 0.15) is 5.82 Å². The first kappa shape index (κ1) is 22.8. The van der Waals surface area contributed by atoms with Crippen LogP contribution in [0.4, 0.5) is 10.1 Å². The van der Waals surface area contributed by atoms with Crippen LogP contribution in [0.25, 0.3) is 11.4 Å². The molecule has 0 N–H and O–H groups in total. The highest BCUT2D eigenvalue weighted by Gasteiger charge is 2.31. The van der Waals surface area contributed by atoms with Crippen molar-refractivity contribution in [2.45, 2.75) is 11.4 Å². The van der Waals surface area contributed by atoms with Crippen LogP contribution in [0.1, 0.15) is 5.89 Å². The summed E-state index contributed by atoms with van der Waals surface area (Å²) in [7, 11) is -2.63. The fraction of sp³-hybridized carbons (Fsp3) is 0.300. The second-order valence-electron chi connectivity index (χ2n) is 7.29. The van der Waals surface area contributed by atoms with E-state index in [1.807, 2.05) is 4.90 Å². The Hall–Kier alpha value is -3.42. The molecule has 3 aromatic rings. The number of nitrogens with zero attached hydrogens (tertiary/aromatic N) is 5. The van der Waals surface area contributed by atoms with E-state index >= 15 is 0 Å². The summed E-state index contributed by atoms with van der Waals surface area (Å²) in [4.78, 5) is 16.7. The number of benzene rings is 2. The predicted octanol–water partition coefficient (Wildman–Crippen LogP) is 2.30. The largest absolute Gasteiger partial charge is 0.490 e. The van der Waals surface area contributed by atoms with Gasteiger partial charge in [-0.15, -0.1) is 0 Å². The van der Waals surface area contributed by atoms with Gasteiger partial charge < -0.3 is 9.26 Å². The number of nitro groups is 1. The summed E-state index contributed by atoms with van der Waals surface area (Å²) >= 11 is 0. The molecule has 1 aliphatic rings. The van der Waals surface area contributed by atoms with E-state index in [-0.39, 0.29) is 29.6 Å². The predicted molar refractivity (Wildman–Crippen MR) is 113 cm³/mol. The number of sulfonamides is 1. The normalized spacial score (nSPS) is 15.5. The summed E-state index contributed by atoms with van der Waals surface area (Å²) in [5.41, 5.74) is 0.210. The van der Waals surface area contributed by atoms with Crippen LogP contribution in [-0.4, -0.2) is 66.0 Å². The van der Waals surface area contributed by atoms with Crippen molar-refractivity contribution in [1.29, 1.82) is 0 Å². The van der Waals surface area contributed by atoms with Gasteiger partial charge in [-0.3, -0.25) is 15.0 Å². The molecule has 0 radical (unpaired) electrons. The maximum Gasteiger partial charge on any atom is 0.312 e. The molecular formula is C20H20FN5O6S. The second-order valence-corrected chi connectivity index (χ2v) is 9.23. The van der Waals surface area contributed by atoms with Crippen molar-refractivity contribution < 1.29 is 27.0 Å². The lowest BCUT2D eigenvalue weighted by Gasteiger charge is -2.33. The lowest BCUT2D eigenvalue weighted by atomic mass is 10.2. The van der Waals surface area contributed by atoms with Crippen molar-refractivity contribution >= 4 is 15.7 Å². The van der Waals surface area contributed by atoms with Gasteiger partial charge in [0.25, 0.3) is 0 Å². The third kappa shape index (κ3) is 4.84. The lowest BCUT2D eigenvalue weighted by Crippen LogP contribution is -2.48. The molecule has 33 heavy (non-hydrogen) atoms. The van der Waals surface area contributed by atoms with E-state index < -0.39 is 20.6 Å². The zero-order valence-electron chi connectivity index (χ0n) is 17.5. The fourth-order valence-corrected chi connectivity index (χ4v) is 4.92. The minimum atomic E-state index is -3.91. The Kier molecular flexibility index (Phi) is 6.35. The number of nitro benzene ring substituents is 1. The van der Waals surface area contributed by atoms with Crippen LogP contribution in [0.15, 0.2) is 51.9 Å². The lowest BCUT2D eigenvalue weighted by molar-refractivity contribution is -0.386. The molecule has 11 nitrogen and oxygen atoms in total. The second kappa shape index (κ2) is 9.21. The SMILES string of the molecule is COc1ccc(S(=O)(=O)N2CCN(Cc3nc(-c4ccc(F)cc4)no3)CC2)cc1[N+](=O)[O-]. The van der Waals surface area contributed by atoms with Crippen molar-refractivity contribution in [3.8, 4) is 17.1 Å². The molecular weight excluding hydrogens is 457 g/mol. The molecule has 174 valence electrons. The Morgan fingerprint density at radius 2 is 1.85 bits per heavy atom. The number of piperazine rings is 1. The number of hydrogen-bond donors (Lipinski definition) is 0. The van der Waals surface area contributed by atoms with Gasteiger partial charge in [-0.25, -0.2) is 12.8 Å². The number of rotatable bonds is 7. The first-order valence-corrected chi connectivity index (χ1v) is 11.4. The van der Waals surface area contributed by atoms with Gasteiger partial charge >= 0.3 is 5.69 Å². The van der Waals surface area contributed by atoms with Crippen LogP contribution in [0.3, 0.4) is 0 Å². The van der Waals surface area contributed by atoms with Gasteiger partial charge in [0.15, 0.2) is 5.75 Å². The molecule has 0 atom stereocenters. The molecule has 1 aliphatic heterocycles. The fourth-order valence-electron chi connectivity index (χ4n) is 3.48. The van der Waals surface area contributed by atoms with E-state index in [0.717, 1.165) is 6.07 Å². The van der Waals surface area contributed by atoms with Gasteiger partial charge in [-0.2, -0.15) is 9.29 Å². The molecule has 0 unspecified atom stereocenters. The van der Waals surface area contributed by atoms with E-state index in [1.165, 1.54) is 35.7 Å². The van der Waals surface area contributed by atoms with Gasteiger partial charge in [0.05, 0.1) is 23.5 Å². The van der Waals surface area contributed by atoms with Crippen LogP contribution >= 0.6 is 0 Å². The first-order valence-electron chi connectivity index (χ1n) is 9.91. The average Bonchev–Trinajstić information content (AvgIpc) is 3.27. The summed E-state index contributed by atoms with van der Waals surface area (Å²) in [5, 5.41) is 15.1. The van der Waals surface area contributed by atoms with Crippen molar-refractivity contribution in [3.05, 3.63) is 64.3 Å². The zero-order valence-corrected chi connectivity index (χ0v) is 18.4. The molecule has 0 amide bonds. The zero-order chi connectivity index (χ0) is 23.6. The van der Waals surface area contributed by atoms with Gasteiger partial charge in [-0.1, -0.05) is 5.16 Å². The Labute approximate surface area is 188 Å². The first-order chi connectivity index (χ1) is 15.8. The molecule has 2 aromatic carbocycles. The third-order valence-electron chi connectivity index (χ3n) is 5.25. The molecule has 0 saturated carbocycles. The van der Waals surface area contributed by atoms with Crippen molar-refractivity contribution in [2.75, 3.05) is 33.3 Å². The van der Waals surface area contributed by atoms with E-state index in [9.17, 15) is 22.9 Å². The highest BCUT2D eigenvalue weighted by atomic mass is 32.2. The van der Waals surface area contributed by atoms with E-state index in [2.05, 4.69) is 10.1 Å². The van der Waals surface area contributed by atoms with Crippen molar-refractivity contribution in [2.24, 2.45) is 0 Å². The standard InChI is InChI=1S/C20H20FN5O6S/c1-31-18-7-6-16(12-17(18)26(27)28)33(29,30)25-10-8-24(9-11-25)13-19-22-20(23-32-19)14-2-4-15(21)5-3-14/h2-7,12H,8-11,13H2,1H3. The summed E-state index contributed by atoms with van der Waals surface area (Å²) in [5.74, 6) is 0.326. The maximum atomic E-state index is 13.1. The van der Waals surface area contributed by atoms with Gasteiger partial charge in [0, 0.05) is 37.8 Å². The number of hydrogen-bond acceptors (Lipinski definition) is 9. The highest BCUT2D eigenvalue weighted by Crippen LogP contribution is 2.31. The average molecular weight is 477 g/mol. The van der Waals surface area contributed by atoms with Gasteiger partial charge in [-0.05, 0) is 36.4 Å². The maximum absolute atomic E-state index is 13.1. The topological polar surface area (TPSA) is 132 Å². The molecule has 1 saturated heterocycles. The molecule has 1 aromatic heterocycles. The molecule has 4 rings (SSSR count). The highest BCUT2D eigenvalue weighted by molar-refractivity contribution is 7.89. The smallest absolute Gasteiger partial charge is 0.312 e. The van der Waals surface area contributed by atoms with Crippen LogP contribution < -0.4 is 4.74 Å². The summed E-state index contributed by atoms with van der Waals surface area (Å²) in [6.45, 7) is 1.54. The Morgan fingerprint density at radius 3 is 2.48 bits per heavy atom. The minimum Gasteiger partial charge on any atom is -0.490 e. The van der Waals surface area contributed by atoms with Gasteiger partial charge in [0.2, 0.25) is 21.7 Å². The Bertz CT molecular complexity index is 1260.